The second-order valence-electron chi connectivity index (χ2n) is 7.04. The lowest BCUT2D eigenvalue weighted by molar-refractivity contribution is -0.0389. The number of aryl methyl sites for hydroxylation is 2. The third-order valence-corrected chi connectivity index (χ3v) is 5.40. The Morgan fingerprint density at radius 3 is 2.52 bits per heavy atom. The van der Waals surface area contributed by atoms with Crippen molar-refractivity contribution in [2.75, 3.05) is 13.1 Å². The molecule has 2 aliphatic rings. The van der Waals surface area contributed by atoms with Gasteiger partial charge >= 0.3 is 5.97 Å². The number of rotatable bonds is 1. The van der Waals surface area contributed by atoms with Crippen molar-refractivity contribution in [1.29, 1.82) is 0 Å². The minimum Gasteiger partial charge on any atom is -0.450 e. The van der Waals surface area contributed by atoms with Gasteiger partial charge < -0.3 is 9.64 Å². The summed E-state index contributed by atoms with van der Waals surface area (Å²) in [6.07, 6.45) is 1.29. The van der Waals surface area contributed by atoms with Crippen LogP contribution in [-0.4, -0.2) is 29.9 Å². The number of carbonyl (C=O) groups excluding carboxylic acids is 2. The summed E-state index contributed by atoms with van der Waals surface area (Å²) in [6.45, 7) is 5.18. The zero-order valence-corrected chi connectivity index (χ0v) is 14.5. The first-order chi connectivity index (χ1) is 12.0. The van der Waals surface area contributed by atoms with Crippen LogP contribution in [0.4, 0.5) is 0 Å². The van der Waals surface area contributed by atoms with Gasteiger partial charge in [0, 0.05) is 37.1 Å². The highest BCUT2D eigenvalue weighted by Crippen LogP contribution is 2.44. The number of carbonyl (C=O) groups is 2. The van der Waals surface area contributed by atoms with Crippen LogP contribution in [0.15, 0.2) is 42.5 Å². The van der Waals surface area contributed by atoms with E-state index in [1.54, 1.807) is 0 Å². The Bertz CT molecular complexity index is 863. The average molecular weight is 335 g/mol. The second-order valence-corrected chi connectivity index (χ2v) is 7.04. The van der Waals surface area contributed by atoms with E-state index in [9.17, 15) is 9.59 Å². The molecule has 1 fully saturated rings. The summed E-state index contributed by atoms with van der Waals surface area (Å²) in [7, 11) is 0. The van der Waals surface area contributed by atoms with E-state index in [1.807, 2.05) is 61.2 Å². The van der Waals surface area contributed by atoms with Gasteiger partial charge in [0.1, 0.15) is 5.60 Å². The zero-order valence-electron chi connectivity index (χ0n) is 14.5. The van der Waals surface area contributed by atoms with E-state index in [2.05, 4.69) is 0 Å². The molecule has 4 heteroatoms. The number of fused-ring (bicyclic) bond motifs is 2. The SMILES string of the molecule is Cc1ccc(C(=O)N2CCC3(CC2)OC(=O)c2ccccc23)c(C)c1. The number of piperidine rings is 1. The van der Waals surface area contributed by atoms with Crippen molar-refractivity contribution < 1.29 is 14.3 Å². The van der Waals surface area contributed by atoms with Gasteiger partial charge in [-0.15, -0.1) is 0 Å². The average Bonchev–Trinajstić information content (AvgIpc) is 2.88. The smallest absolute Gasteiger partial charge is 0.339 e. The molecule has 2 aliphatic heterocycles. The van der Waals surface area contributed by atoms with Crippen LogP contribution in [0.3, 0.4) is 0 Å². The third-order valence-electron chi connectivity index (χ3n) is 5.40. The third kappa shape index (κ3) is 2.53. The molecule has 0 bridgehead atoms. The molecule has 2 heterocycles. The number of likely N-dealkylation sites (tertiary alicyclic amines) is 1. The molecule has 0 radical (unpaired) electrons. The van der Waals surface area contributed by atoms with Crippen LogP contribution in [0.25, 0.3) is 0 Å². The Kier molecular flexibility index (Phi) is 3.64. The first kappa shape index (κ1) is 15.9. The van der Waals surface area contributed by atoms with Crippen molar-refractivity contribution in [2.24, 2.45) is 0 Å². The van der Waals surface area contributed by atoms with Gasteiger partial charge in [-0.25, -0.2) is 4.79 Å². The van der Waals surface area contributed by atoms with E-state index in [0.717, 1.165) is 22.3 Å². The normalized spacial score (nSPS) is 18.2. The molecule has 2 aromatic carbocycles. The molecule has 0 N–H and O–H groups in total. The molecule has 0 aromatic heterocycles. The largest absolute Gasteiger partial charge is 0.450 e. The fraction of sp³-hybridized carbons (Fsp3) is 0.333. The number of amides is 1. The minimum absolute atomic E-state index is 0.0601. The standard InChI is InChI=1S/C21H21NO3/c1-14-7-8-16(15(2)13-14)19(23)22-11-9-21(10-12-22)18-6-4-3-5-17(18)20(24)25-21/h3-8,13H,9-12H2,1-2H3. The molecule has 128 valence electrons. The van der Waals surface area contributed by atoms with E-state index < -0.39 is 5.60 Å². The fourth-order valence-corrected chi connectivity index (χ4v) is 4.01. The summed E-state index contributed by atoms with van der Waals surface area (Å²) in [5, 5.41) is 0. The van der Waals surface area contributed by atoms with Gasteiger partial charge in [0.05, 0.1) is 5.56 Å². The van der Waals surface area contributed by atoms with Crippen LogP contribution in [0.2, 0.25) is 0 Å². The van der Waals surface area contributed by atoms with Crippen molar-refractivity contribution in [2.45, 2.75) is 32.3 Å². The maximum absolute atomic E-state index is 12.9. The maximum Gasteiger partial charge on any atom is 0.339 e. The van der Waals surface area contributed by atoms with Crippen molar-refractivity contribution in [3.8, 4) is 0 Å². The van der Waals surface area contributed by atoms with Gasteiger partial charge in [0.25, 0.3) is 5.91 Å². The topological polar surface area (TPSA) is 46.6 Å². The van der Waals surface area contributed by atoms with E-state index in [0.29, 0.717) is 31.5 Å². The summed E-state index contributed by atoms with van der Waals surface area (Å²) in [6, 6.07) is 13.5. The summed E-state index contributed by atoms with van der Waals surface area (Å²) >= 11 is 0. The number of hydrogen-bond donors (Lipinski definition) is 0. The monoisotopic (exact) mass is 335 g/mol. The zero-order chi connectivity index (χ0) is 17.6. The van der Waals surface area contributed by atoms with E-state index in [-0.39, 0.29) is 11.9 Å². The predicted octanol–water partition coefficient (Wildman–Crippen LogP) is 3.61. The molecular weight excluding hydrogens is 314 g/mol. The van der Waals surface area contributed by atoms with Crippen LogP contribution in [0, 0.1) is 13.8 Å². The summed E-state index contributed by atoms with van der Waals surface area (Å²) in [5.41, 5.74) is 3.98. The molecule has 1 amide bonds. The molecule has 0 aliphatic carbocycles. The molecule has 0 saturated carbocycles. The Labute approximate surface area is 147 Å². The molecule has 1 saturated heterocycles. The van der Waals surface area contributed by atoms with E-state index >= 15 is 0 Å². The molecule has 0 unspecified atom stereocenters. The van der Waals surface area contributed by atoms with Gasteiger partial charge in [-0.1, -0.05) is 35.9 Å². The first-order valence-electron chi connectivity index (χ1n) is 8.70. The number of hydrogen-bond acceptors (Lipinski definition) is 3. The van der Waals surface area contributed by atoms with Gasteiger partial charge in [0.2, 0.25) is 0 Å². The highest BCUT2D eigenvalue weighted by atomic mass is 16.6. The molecule has 4 nitrogen and oxygen atoms in total. The van der Waals surface area contributed by atoms with Crippen LogP contribution in [-0.2, 0) is 10.3 Å². The molecule has 0 atom stereocenters. The Morgan fingerprint density at radius 2 is 1.80 bits per heavy atom. The summed E-state index contributed by atoms with van der Waals surface area (Å²) in [4.78, 5) is 26.9. The van der Waals surface area contributed by atoms with Crippen LogP contribution in [0.1, 0.15) is 50.2 Å². The quantitative estimate of drug-likeness (QED) is 0.748. The Morgan fingerprint density at radius 1 is 1.08 bits per heavy atom. The molecule has 1 spiro atoms. The molecule has 2 aromatic rings. The highest BCUT2D eigenvalue weighted by Gasteiger charge is 2.47. The number of benzene rings is 2. The lowest BCUT2D eigenvalue weighted by Gasteiger charge is -2.38. The van der Waals surface area contributed by atoms with Crippen LogP contribution < -0.4 is 0 Å². The van der Waals surface area contributed by atoms with Crippen molar-refractivity contribution in [3.05, 3.63) is 70.3 Å². The Balaban J connectivity index is 1.54. The van der Waals surface area contributed by atoms with Gasteiger partial charge in [-0.05, 0) is 31.5 Å². The number of esters is 1. The first-order valence-corrected chi connectivity index (χ1v) is 8.70. The maximum atomic E-state index is 12.9. The van der Waals surface area contributed by atoms with Crippen LogP contribution >= 0.6 is 0 Å². The molecule has 25 heavy (non-hydrogen) atoms. The molecule has 4 rings (SSSR count). The van der Waals surface area contributed by atoms with Gasteiger partial charge in [-0.2, -0.15) is 0 Å². The summed E-state index contributed by atoms with van der Waals surface area (Å²) < 4.78 is 5.76. The highest BCUT2D eigenvalue weighted by molar-refractivity contribution is 5.96. The van der Waals surface area contributed by atoms with E-state index in [1.165, 1.54) is 0 Å². The number of nitrogens with zero attached hydrogens (tertiary/aromatic N) is 1. The molecular formula is C21H21NO3. The number of ether oxygens (including phenoxy) is 1. The van der Waals surface area contributed by atoms with Gasteiger partial charge in [0.15, 0.2) is 0 Å². The van der Waals surface area contributed by atoms with Crippen molar-refractivity contribution in [1.82, 2.24) is 4.90 Å². The lowest BCUT2D eigenvalue weighted by Crippen LogP contribution is -2.45. The van der Waals surface area contributed by atoms with Crippen LogP contribution in [0.5, 0.6) is 0 Å². The predicted molar refractivity (Wildman–Crippen MR) is 94.6 cm³/mol. The van der Waals surface area contributed by atoms with Crippen molar-refractivity contribution >= 4 is 11.9 Å². The lowest BCUT2D eigenvalue weighted by atomic mass is 9.83. The van der Waals surface area contributed by atoms with Gasteiger partial charge in [-0.3, -0.25) is 4.79 Å². The minimum atomic E-state index is -0.563. The van der Waals surface area contributed by atoms with Crippen molar-refractivity contribution in [3.63, 3.8) is 0 Å². The second kappa shape index (κ2) is 5.73. The fourth-order valence-electron chi connectivity index (χ4n) is 4.01. The van der Waals surface area contributed by atoms with E-state index in [4.69, 9.17) is 4.74 Å². The Hall–Kier alpha value is -2.62. The summed E-state index contributed by atoms with van der Waals surface area (Å²) in [5.74, 6) is -0.185.